The van der Waals surface area contributed by atoms with Gasteiger partial charge in [-0.1, -0.05) is 18.2 Å². The number of thioether (sulfide) groups is 1. The molecule has 1 aromatic rings. The summed E-state index contributed by atoms with van der Waals surface area (Å²) < 4.78 is 6.93. The second-order valence-electron chi connectivity index (χ2n) is 4.99. The van der Waals surface area contributed by atoms with Crippen LogP contribution in [-0.2, 0) is 27.3 Å². The number of carbonyl (C=O) groups excluding carboxylic acids is 2. The molecule has 2 rings (SSSR count). The van der Waals surface area contributed by atoms with Gasteiger partial charge in [-0.15, -0.1) is 10.2 Å². The minimum Gasteiger partial charge on any atom is -0.466 e. The number of aryl methyl sites for hydroxylation is 1. The fourth-order valence-electron chi connectivity index (χ4n) is 2.26. The van der Waals surface area contributed by atoms with Gasteiger partial charge in [-0.05, 0) is 19.8 Å². The standard InChI is InChI=1S/C14H21N3O3S/c1-2-20-13(19)8-7-11(18)10-21-14-16-15-12-6-4-3-5-9-17(12)14/h2-10H2,1H3. The molecule has 116 valence electrons. The molecule has 7 heteroatoms. The average Bonchev–Trinajstić information content (AvgIpc) is 2.70. The molecule has 0 N–H and O–H groups in total. The van der Waals surface area contributed by atoms with E-state index in [4.69, 9.17) is 4.74 Å². The zero-order valence-corrected chi connectivity index (χ0v) is 13.2. The van der Waals surface area contributed by atoms with Crippen molar-refractivity contribution in [2.24, 2.45) is 0 Å². The van der Waals surface area contributed by atoms with Gasteiger partial charge in [0.25, 0.3) is 0 Å². The van der Waals surface area contributed by atoms with Gasteiger partial charge in [0.15, 0.2) is 5.16 Å². The van der Waals surface area contributed by atoms with Crippen molar-refractivity contribution in [1.82, 2.24) is 14.8 Å². The molecule has 0 amide bonds. The summed E-state index contributed by atoms with van der Waals surface area (Å²) >= 11 is 1.41. The smallest absolute Gasteiger partial charge is 0.306 e. The molecule has 0 spiro atoms. The van der Waals surface area contributed by atoms with E-state index < -0.39 is 0 Å². The summed E-state index contributed by atoms with van der Waals surface area (Å²) in [7, 11) is 0. The first-order valence-corrected chi connectivity index (χ1v) is 8.41. The van der Waals surface area contributed by atoms with Gasteiger partial charge in [0, 0.05) is 19.4 Å². The zero-order valence-electron chi connectivity index (χ0n) is 12.3. The Morgan fingerprint density at radius 2 is 2.10 bits per heavy atom. The number of hydrogen-bond acceptors (Lipinski definition) is 6. The van der Waals surface area contributed by atoms with E-state index in [2.05, 4.69) is 14.8 Å². The van der Waals surface area contributed by atoms with Crippen molar-refractivity contribution >= 4 is 23.5 Å². The highest BCUT2D eigenvalue weighted by Crippen LogP contribution is 2.22. The number of esters is 1. The molecule has 2 heterocycles. The van der Waals surface area contributed by atoms with E-state index in [1.165, 1.54) is 18.2 Å². The number of nitrogens with zero attached hydrogens (tertiary/aromatic N) is 3. The molecule has 6 nitrogen and oxygen atoms in total. The van der Waals surface area contributed by atoms with Gasteiger partial charge < -0.3 is 9.30 Å². The van der Waals surface area contributed by atoms with Crippen LogP contribution in [0.1, 0.15) is 44.9 Å². The van der Waals surface area contributed by atoms with Crippen molar-refractivity contribution in [3.63, 3.8) is 0 Å². The van der Waals surface area contributed by atoms with Gasteiger partial charge in [0.05, 0.1) is 18.8 Å². The number of rotatable bonds is 7. The molecule has 21 heavy (non-hydrogen) atoms. The number of aromatic nitrogens is 3. The van der Waals surface area contributed by atoms with Gasteiger partial charge in [0.1, 0.15) is 11.6 Å². The van der Waals surface area contributed by atoms with E-state index >= 15 is 0 Å². The van der Waals surface area contributed by atoms with E-state index in [0.717, 1.165) is 36.8 Å². The molecule has 0 aliphatic carbocycles. The topological polar surface area (TPSA) is 74.1 Å². The highest BCUT2D eigenvalue weighted by molar-refractivity contribution is 7.99. The van der Waals surface area contributed by atoms with Crippen molar-refractivity contribution in [1.29, 1.82) is 0 Å². The molecule has 0 aromatic carbocycles. The van der Waals surface area contributed by atoms with Crippen molar-refractivity contribution in [2.75, 3.05) is 12.4 Å². The molecule has 0 atom stereocenters. The van der Waals surface area contributed by atoms with Crippen LogP contribution in [0.25, 0.3) is 0 Å². The highest BCUT2D eigenvalue weighted by atomic mass is 32.2. The largest absolute Gasteiger partial charge is 0.466 e. The quantitative estimate of drug-likeness (QED) is 0.566. The van der Waals surface area contributed by atoms with Gasteiger partial charge in [-0.3, -0.25) is 9.59 Å². The summed E-state index contributed by atoms with van der Waals surface area (Å²) in [5.74, 6) is 1.08. The average molecular weight is 311 g/mol. The fourth-order valence-corrected chi connectivity index (χ4v) is 3.14. The molecule has 0 unspecified atom stereocenters. The van der Waals surface area contributed by atoms with Crippen LogP contribution in [0.4, 0.5) is 0 Å². The third-order valence-electron chi connectivity index (χ3n) is 3.35. The van der Waals surface area contributed by atoms with Crippen molar-refractivity contribution in [3.05, 3.63) is 5.82 Å². The molecule has 0 saturated heterocycles. The van der Waals surface area contributed by atoms with E-state index in [9.17, 15) is 9.59 Å². The lowest BCUT2D eigenvalue weighted by atomic mass is 10.2. The molecule has 1 aliphatic heterocycles. The molecular weight excluding hydrogens is 290 g/mol. The van der Waals surface area contributed by atoms with E-state index in [0.29, 0.717) is 12.4 Å². The van der Waals surface area contributed by atoms with E-state index in [-0.39, 0.29) is 24.6 Å². The number of fused-ring (bicyclic) bond motifs is 1. The second-order valence-corrected chi connectivity index (χ2v) is 5.94. The third-order valence-corrected chi connectivity index (χ3v) is 4.38. The van der Waals surface area contributed by atoms with Crippen LogP contribution in [0.3, 0.4) is 0 Å². The molecule has 1 aromatic heterocycles. The first-order valence-electron chi connectivity index (χ1n) is 7.43. The molecule has 1 aliphatic rings. The van der Waals surface area contributed by atoms with Crippen LogP contribution < -0.4 is 0 Å². The predicted octanol–water partition coefficient (Wildman–Crippen LogP) is 2.01. The van der Waals surface area contributed by atoms with Gasteiger partial charge in [-0.2, -0.15) is 0 Å². The fraction of sp³-hybridized carbons (Fsp3) is 0.714. The number of ketones is 1. The minimum absolute atomic E-state index is 0.0408. The Morgan fingerprint density at radius 3 is 2.90 bits per heavy atom. The monoisotopic (exact) mass is 311 g/mol. The lowest BCUT2D eigenvalue weighted by molar-refractivity contribution is -0.144. The highest BCUT2D eigenvalue weighted by Gasteiger charge is 2.16. The molecule has 0 saturated carbocycles. The van der Waals surface area contributed by atoms with Gasteiger partial charge >= 0.3 is 5.97 Å². The SMILES string of the molecule is CCOC(=O)CCC(=O)CSc1nnc2n1CCCCC2. The summed E-state index contributed by atoms with van der Waals surface area (Å²) in [6.07, 6.45) is 4.85. The third kappa shape index (κ3) is 4.84. The molecular formula is C14H21N3O3S. The summed E-state index contributed by atoms with van der Waals surface area (Å²) in [5, 5.41) is 9.18. The number of Topliss-reactive ketones (excluding diaryl/α,β-unsaturated/α-hetero) is 1. The number of carbonyl (C=O) groups is 2. The Hall–Kier alpha value is -1.37. The van der Waals surface area contributed by atoms with Gasteiger partial charge in [-0.25, -0.2) is 0 Å². The van der Waals surface area contributed by atoms with Crippen LogP contribution in [0, 0.1) is 0 Å². The first-order chi connectivity index (χ1) is 10.2. The Kier molecular flexibility index (Phi) is 6.22. The maximum absolute atomic E-state index is 11.8. The first kappa shape index (κ1) is 16.0. The van der Waals surface area contributed by atoms with Crippen molar-refractivity contribution < 1.29 is 14.3 Å². The number of hydrogen-bond donors (Lipinski definition) is 0. The Labute approximate surface area is 128 Å². The summed E-state index contributed by atoms with van der Waals surface area (Å²) in [6, 6.07) is 0. The predicted molar refractivity (Wildman–Crippen MR) is 79.2 cm³/mol. The Balaban J connectivity index is 1.79. The summed E-state index contributed by atoms with van der Waals surface area (Å²) in [5.41, 5.74) is 0. The normalized spacial score (nSPS) is 14.3. The van der Waals surface area contributed by atoms with Crippen LogP contribution in [-0.4, -0.2) is 38.9 Å². The maximum atomic E-state index is 11.8. The Morgan fingerprint density at radius 1 is 1.24 bits per heavy atom. The van der Waals surface area contributed by atoms with Crippen LogP contribution in [0.15, 0.2) is 5.16 Å². The van der Waals surface area contributed by atoms with Crippen molar-refractivity contribution in [3.8, 4) is 0 Å². The van der Waals surface area contributed by atoms with E-state index in [1.54, 1.807) is 6.92 Å². The minimum atomic E-state index is -0.313. The van der Waals surface area contributed by atoms with Gasteiger partial charge in [0.2, 0.25) is 0 Å². The maximum Gasteiger partial charge on any atom is 0.306 e. The Bertz CT molecular complexity index is 502. The molecule has 0 bridgehead atoms. The summed E-state index contributed by atoms with van der Waals surface area (Å²) in [4.78, 5) is 23.0. The van der Waals surface area contributed by atoms with Crippen LogP contribution in [0.5, 0.6) is 0 Å². The van der Waals surface area contributed by atoms with Crippen molar-refractivity contribution in [2.45, 2.75) is 57.1 Å². The lowest BCUT2D eigenvalue weighted by Gasteiger charge is -2.06. The molecule has 0 radical (unpaired) electrons. The molecule has 0 fully saturated rings. The second kappa shape index (κ2) is 8.17. The van der Waals surface area contributed by atoms with Crippen LogP contribution >= 0.6 is 11.8 Å². The van der Waals surface area contributed by atoms with Crippen LogP contribution in [0.2, 0.25) is 0 Å². The van der Waals surface area contributed by atoms with E-state index in [1.807, 2.05) is 0 Å². The summed E-state index contributed by atoms with van der Waals surface area (Å²) in [6.45, 7) is 3.04. The zero-order chi connectivity index (χ0) is 15.1. The number of ether oxygens (including phenoxy) is 1. The lowest BCUT2D eigenvalue weighted by Crippen LogP contribution is -2.10.